The number of thiophene rings is 1. The van der Waals surface area contributed by atoms with Gasteiger partial charge in [0.1, 0.15) is 0 Å². The molecule has 0 aliphatic heterocycles. The summed E-state index contributed by atoms with van der Waals surface area (Å²) in [5, 5.41) is 2.15. The highest BCUT2D eigenvalue weighted by atomic mass is 32.1. The third-order valence-corrected chi connectivity index (χ3v) is 4.41. The molecule has 0 radical (unpaired) electrons. The molecule has 1 aromatic heterocycles. The lowest BCUT2D eigenvalue weighted by molar-refractivity contribution is 0.176. The third-order valence-electron chi connectivity index (χ3n) is 3.51. The number of hydrogen-bond acceptors (Lipinski definition) is 3. The first-order valence-corrected chi connectivity index (χ1v) is 7.51. The van der Waals surface area contributed by atoms with Crippen LogP contribution in [0.3, 0.4) is 0 Å². The number of hydrogen-bond donors (Lipinski definition) is 1. The molecule has 98 valence electrons. The number of nitrogens with zero attached hydrogens (tertiary/aromatic N) is 1. The first-order valence-electron chi connectivity index (χ1n) is 6.63. The van der Waals surface area contributed by atoms with Crippen molar-refractivity contribution in [3.63, 3.8) is 0 Å². The summed E-state index contributed by atoms with van der Waals surface area (Å²) in [5.41, 5.74) is 5.89. The van der Waals surface area contributed by atoms with E-state index in [4.69, 9.17) is 5.73 Å². The molecule has 0 bridgehead atoms. The van der Waals surface area contributed by atoms with Crippen LogP contribution >= 0.6 is 11.3 Å². The van der Waals surface area contributed by atoms with Crippen molar-refractivity contribution in [3.05, 3.63) is 22.4 Å². The van der Waals surface area contributed by atoms with Crippen molar-refractivity contribution >= 4 is 11.3 Å². The standard InChI is InChI=1S/C14H26N2S/c1-4-5-7-13(11-15)16(3)12(2)10-14-8-6-9-17-14/h6,8-9,12-13H,4-5,7,10-11,15H2,1-3H3. The molecule has 1 heterocycles. The van der Waals surface area contributed by atoms with E-state index in [1.54, 1.807) is 0 Å². The van der Waals surface area contributed by atoms with Crippen molar-refractivity contribution in [2.45, 2.75) is 51.6 Å². The molecule has 2 atom stereocenters. The Hall–Kier alpha value is -0.380. The third kappa shape index (κ3) is 4.78. The van der Waals surface area contributed by atoms with E-state index in [1.807, 2.05) is 11.3 Å². The van der Waals surface area contributed by atoms with E-state index in [-0.39, 0.29) is 0 Å². The van der Waals surface area contributed by atoms with Crippen LogP contribution < -0.4 is 5.73 Å². The Labute approximate surface area is 110 Å². The Balaban J connectivity index is 2.45. The minimum Gasteiger partial charge on any atom is -0.329 e. The van der Waals surface area contributed by atoms with Gasteiger partial charge in [-0.3, -0.25) is 4.90 Å². The van der Waals surface area contributed by atoms with E-state index >= 15 is 0 Å². The summed E-state index contributed by atoms with van der Waals surface area (Å²) in [5.74, 6) is 0. The Morgan fingerprint density at radius 3 is 2.76 bits per heavy atom. The highest BCUT2D eigenvalue weighted by Gasteiger charge is 2.18. The molecule has 0 spiro atoms. The number of nitrogens with two attached hydrogens (primary N) is 1. The topological polar surface area (TPSA) is 29.3 Å². The second-order valence-electron chi connectivity index (χ2n) is 4.83. The van der Waals surface area contributed by atoms with Gasteiger partial charge in [-0.25, -0.2) is 0 Å². The highest BCUT2D eigenvalue weighted by molar-refractivity contribution is 7.09. The van der Waals surface area contributed by atoms with Crippen LogP contribution in [-0.4, -0.2) is 30.6 Å². The Morgan fingerprint density at radius 1 is 1.47 bits per heavy atom. The van der Waals surface area contributed by atoms with Gasteiger partial charge in [0.05, 0.1) is 0 Å². The molecule has 1 rings (SSSR count). The lowest BCUT2D eigenvalue weighted by atomic mass is 10.1. The number of likely N-dealkylation sites (N-methyl/N-ethyl adjacent to an activating group) is 1. The molecule has 0 aliphatic carbocycles. The van der Waals surface area contributed by atoms with Crippen molar-refractivity contribution in [1.82, 2.24) is 4.90 Å². The van der Waals surface area contributed by atoms with Gasteiger partial charge in [0.2, 0.25) is 0 Å². The van der Waals surface area contributed by atoms with Crippen LogP contribution in [0.5, 0.6) is 0 Å². The van der Waals surface area contributed by atoms with E-state index in [1.165, 1.54) is 24.1 Å². The second kappa shape index (κ2) is 7.85. The minimum absolute atomic E-state index is 0.532. The van der Waals surface area contributed by atoms with Gasteiger partial charge in [-0.2, -0.15) is 0 Å². The van der Waals surface area contributed by atoms with Crippen LogP contribution in [0.2, 0.25) is 0 Å². The van der Waals surface area contributed by atoms with Gasteiger partial charge in [0.25, 0.3) is 0 Å². The summed E-state index contributed by atoms with van der Waals surface area (Å²) in [7, 11) is 2.21. The fraction of sp³-hybridized carbons (Fsp3) is 0.714. The smallest absolute Gasteiger partial charge is 0.0218 e. The van der Waals surface area contributed by atoms with Crippen LogP contribution in [-0.2, 0) is 6.42 Å². The van der Waals surface area contributed by atoms with Gasteiger partial charge in [0.15, 0.2) is 0 Å². The second-order valence-corrected chi connectivity index (χ2v) is 5.86. The quantitative estimate of drug-likeness (QED) is 0.772. The molecule has 0 aliphatic rings. The maximum absolute atomic E-state index is 5.89. The summed E-state index contributed by atoms with van der Waals surface area (Å²) < 4.78 is 0. The zero-order chi connectivity index (χ0) is 12.7. The molecule has 0 aromatic carbocycles. The Kier molecular flexibility index (Phi) is 6.78. The Bertz CT molecular complexity index is 284. The van der Waals surface area contributed by atoms with E-state index in [9.17, 15) is 0 Å². The number of unbranched alkanes of at least 4 members (excludes halogenated alkanes) is 1. The average molecular weight is 254 g/mol. The predicted octanol–water partition coefficient (Wildman–Crippen LogP) is 3.13. The first kappa shape index (κ1) is 14.7. The predicted molar refractivity (Wildman–Crippen MR) is 77.6 cm³/mol. The van der Waals surface area contributed by atoms with Gasteiger partial charge < -0.3 is 5.73 Å². The summed E-state index contributed by atoms with van der Waals surface area (Å²) >= 11 is 1.85. The molecule has 0 saturated heterocycles. The highest BCUT2D eigenvalue weighted by Crippen LogP contribution is 2.16. The van der Waals surface area contributed by atoms with Crippen molar-refractivity contribution in [2.75, 3.05) is 13.6 Å². The molecule has 2 unspecified atom stereocenters. The molecule has 3 heteroatoms. The average Bonchev–Trinajstić information content (AvgIpc) is 2.82. The van der Waals surface area contributed by atoms with Crippen LogP contribution in [0.1, 0.15) is 38.0 Å². The summed E-state index contributed by atoms with van der Waals surface area (Å²) in [6.07, 6.45) is 4.89. The zero-order valence-corrected chi connectivity index (χ0v) is 12.2. The molecule has 2 nitrogen and oxygen atoms in total. The monoisotopic (exact) mass is 254 g/mol. The molecule has 0 amide bonds. The van der Waals surface area contributed by atoms with Gasteiger partial charge in [0, 0.05) is 23.5 Å². The van der Waals surface area contributed by atoms with Crippen molar-refractivity contribution < 1.29 is 0 Å². The molecular weight excluding hydrogens is 228 g/mol. The van der Waals surface area contributed by atoms with Gasteiger partial charge >= 0.3 is 0 Å². The zero-order valence-electron chi connectivity index (χ0n) is 11.4. The lowest BCUT2D eigenvalue weighted by Crippen LogP contribution is -2.43. The summed E-state index contributed by atoms with van der Waals surface area (Å²) in [4.78, 5) is 3.92. The molecule has 17 heavy (non-hydrogen) atoms. The fourth-order valence-electron chi connectivity index (χ4n) is 2.15. The van der Waals surface area contributed by atoms with Crippen LogP contribution in [0, 0.1) is 0 Å². The van der Waals surface area contributed by atoms with Crippen molar-refractivity contribution in [3.8, 4) is 0 Å². The van der Waals surface area contributed by atoms with E-state index in [0.29, 0.717) is 12.1 Å². The van der Waals surface area contributed by atoms with Crippen molar-refractivity contribution in [1.29, 1.82) is 0 Å². The van der Waals surface area contributed by atoms with Gasteiger partial charge in [-0.1, -0.05) is 25.8 Å². The largest absolute Gasteiger partial charge is 0.329 e. The van der Waals surface area contributed by atoms with Crippen LogP contribution in [0.25, 0.3) is 0 Å². The van der Waals surface area contributed by atoms with E-state index in [0.717, 1.165) is 13.0 Å². The van der Waals surface area contributed by atoms with E-state index < -0.39 is 0 Å². The minimum atomic E-state index is 0.532. The molecule has 1 aromatic rings. The van der Waals surface area contributed by atoms with Crippen LogP contribution in [0.15, 0.2) is 17.5 Å². The maximum Gasteiger partial charge on any atom is 0.0218 e. The van der Waals surface area contributed by atoms with E-state index in [2.05, 4.69) is 43.3 Å². The summed E-state index contributed by atoms with van der Waals surface area (Å²) in [6, 6.07) is 5.45. The SMILES string of the molecule is CCCCC(CN)N(C)C(C)Cc1cccs1. The first-order chi connectivity index (χ1) is 8.19. The van der Waals surface area contributed by atoms with Crippen LogP contribution in [0.4, 0.5) is 0 Å². The molecule has 0 fully saturated rings. The Morgan fingerprint density at radius 2 is 2.24 bits per heavy atom. The van der Waals surface area contributed by atoms with Gasteiger partial charge in [-0.05, 0) is 38.3 Å². The fourth-order valence-corrected chi connectivity index (χ4v) is 2.98. The molecular formula is C14H26N2S. The molecule has 2 N–H and O–H groups in total. The summed E-state index contributed by atoms with van der Waals surface area (Å²) in [6.45, 7) is 5.31. The lowest BCUT2D eigenvalue weighted by Gasteiger charge is -2.32. The normalized spacial score (nSPS) is 15.1. The van der Waals surface area contributed by atoms with Gasteiger partial charge in [-0.15, -0.1) is 11.3 Å². The maximum atomic E-state index is 5.89. The molecule has 0 saturated carbocycles. The number of rotatable bonds is 8. The van der Waals surface area contributed by atoms with Crippen molar-refractivity contribution in [2.24, 2.45) is 5.73 Å².